The van der Waals surface area contributed by atoms with E-state index in [0.717, 1.165) is 16.3 Å². The molecule has 0 fully saturated rings. The van der Waals surface area contributed by atoms with Crippen molar-refractivity contribution in [2.75, 3.05) is 0 Å². The lowest BCUT2D eigenvalue weighted by atomic mass is 10.0. The molecule has 0 spiro atoms. The number of aromatic nitrogens is 2. The highest BCUT2D eigenvalue weighted by molar-refractivity contribution is 5.91. The second-order valence-corrected chi connectivity index (χ2v) is 6.58. The molecule has 2 amide bonds. The molecule has 0 saturated carbocycles. The van der Waals surface area contributed by atoms with Crippen LogP contribution in [0.2, 0.25) is 0 Å². The van der Waals surface area contributed by atoms with Crippen LogP contribution in [0.1, 0.15) is 5.56 Å². The van der Waals surface area contributed by atoms with Gasteiger partial charge in [-0.25, -0.2) is 4.98 Å². The summed E-state index contributed by atoms with van der Waals surface area (Å²) in [6.45, 7) is -0.226. The molecular weight excluding hydrogens is 368 g/mol. The first-order chi connectivity index (χ1) is 14.1. The Balaban J connectivity index is 1.42. The highest BCUT2D eigenvalue weighted by Gasteiger charge is 2.11. The zero-order valence-electron chi connectivity index (χ0n) is 15.5. The minimum absolute atomic E-state index is 0.125. The Bertz CT molecular complexity index is 1270. The van der Waals surface area contributed by atoms with Crippen LogP contribution in [-0.4, -0.2) is 21.4 Å². The van der Waals surface area contributed by atoms with E-state index in [1.807, 2.05) is 42.5 Å². The number of hydrazine groups is 1. The number of nitrogens with one attached hydrogen (secondary N) is 2. The van der Waals surface area contributed by atoms with Gasteiger partial charge in [-0.05, 0) is 28.5 Å². The van der Waals surface area contributed by atoms with Crippen molar-refractivity contribution in [3.05, 3.63) is 88.8 Å². The van der Waals surface area contributed by atoms with Gasteiger partial charge in [0.25, 0.3) is 11.5 Å². The van der Waals surface area contributed by atoms with Crippen LogP contribution in [0.25, 0.3) is 21.8 Å². The van der Waals surface area contributed by atoms with E-state index in [1.54, 1.807) is 24.3 Å². The molecule has 3 aromatic carbocycles. The molecule has 0 unspecified atom stereocenters. The number of nitrogens with zero attached hydrogens (tertiary/aromatic N) is 2. The van der Waals surface area contributed by atoms with Crippen molar-refractivity contribution in [2.24, 2.45) is 0 Å². The van der Waals surface area contributed by atoms with Gasteiger partial charge in [-0.1, -0.05) is 54.6 Å². The molecule has 7 heteroatoms. The number of hydrogen-bond acceptors (Lipinski definition) is 4. The van der Waals surface area contributed by atoms with Crippen LogP contribution in [0.4, 0.5) is 0 Å². The summed E-state index contributed by atoms with van der Waals surface area (Å²) in [4.78, 5) is 40.7. The Kier molecular flexibility index (Phi) is 5.03. The van der Waals surface area contributed by atoms with Crippen molar-refractivity contribution in [3.63, 3.8) is 0 Å². The summed E-state index contributed by atoms with van der Waals surface area (Å²) < 4.78 is 1.31. The smallest absolute Gasteiger partial charge is 0.269 e. The van der Waals surface area contributed by atoms with Crippen molar-refractivity contribution in [3.8, 4) is 0 Å². The van der Waals surface area contributed by atoms with E-state index in [2.05, 4.69) is 15.8 Å². The van der Waals surface area contributed by atoms with Gasteiger partial charge < -0.3 is 0 Å². The van der Waals surface area contributed by atoms with Gasteiger partial charge in [-0.3, -0.25) is 29.8 Å². The molecular formula is C22H18N4O3. The largest absolute Gasteiger partial charge is 0.296 e. The van der Waals surface area contributed by atoms with Crippen LogP contribution in [0.15, 0.2) is 77.7 Å². The normalized spacial score (nSPS) is 10.8. The second kappa shape index (κ2) is 7.93. The van der Waals surface area contributed by atoms with Crippen molar-refractivity contribution < 1.29 is 9.59 Å². The molecule has 29 heavy (non-hydrogen) atoms. The second-order valence-electron chi connectivity index (χ2n) is 6.58. The van der Waals surface area contributed by atoms with Crippen LogP contribution >= 0.6 is 0 Å². The monoisotopic (exact) mass is 386 g/mol. The van der Waals surface area contributed by atoms with Gasteiger partial charge in [0.1, 0.15) is 6.54 Å². The lowest BCUT2D eigenvalue weighted by Gasteiger charge is -2.11. The molecule has 0 aliphatic carbocycles. The zero-order valence-corrected chi connectivity index (χ0v) is 15.5. The first-order valence-electron chi connectivity index (χ1n) is 9.11. The fourth-order valence-corrected chi connectivity index (χ4v) is 3.26. The molecule has 1 heterocycles. The number of amides is 2. The van der Waals surface area contributed by atoms with E-state index >= 15 is 0 Å². The Morgan fingerprint density at radius 1 is 0.862 bits per heavy atom. The predicted molar refractivity (Wildman–Crippen MR) is 110 cm³/mol. The number of hydrogen-bond donors (Lipinski definition) is 2. The molecule has 0 atom stereocenters. The third kappa shape index (κ3) is 3.98. The third-order valence-corrected chi connectivity index (χ3v) is 4.63. The van der Waals surface area contributed by atoms with E-state index in [4.69, 9.17) is 0 Å². The standard InChI is InChI=1S/C22H18N4O3/c27-20(12-16-8-5-7-15-6-1-2-9-17(15)16)24-25-21(28)14-26-19-11-4-3-10-18(19)23-13-22(26)29/h1-11,13H,12,14H2,(H,24,27)(H,25,28). The molecule has 0 saturated heterocycles. The fourth-order valence-electron chi connectivity index (χ4n) is 3.26. The summed E-state index contributed by atoms with van der Waals surface area (Å²) in [5.41, 5.74) is 6.43. The van der Waals surface area contributed by atoms with Gasteiger partial charge in [0.05, 0.1) is 23.7 Å². The van der Waals surface area contributed by atoms with Crippen molar-refractivity contribution in [1.29, 1.82) is 0 Å². The van der Waals surface area contributed by atoms with Crippen molar-refractivity contribution >= 4 is 33.6 Å². The maximum absolute atomic E-state index is 12.3. The summed E-state index contributed by atoms with van der Waals surface area (Å²) in [5.74, 6) is -0.851. The van der Waals surface area contributed by atoms with E-state index < -0.39 is 5.91 Å². The Hall–Kier alpha value is -4.00. The van der Waals surface area contributed by atoms with E-state index in [9.17, 15) is 14.4 Å². The van der Waals surface area contributed by atoms with Gasteiger partial charge in [0, 0.05) is 0 Å². The predicted octanol–water partition coefficient (Wildman–Crippen LogP) is 1.94. The van der Waals surface area contributed by atoms with Crippen LogP contribution in [0.3, 0.4) is 0 Å². The van der Waals surface area contributed by atoms with E-state index in [1.165, 1.54) is 10.8 Å². The lowest BCUT2D eigenvalue weighted by Crippen LogP contribution is -2.44. The van der Waals surface area contributed by atoms with Crippen LogP contribution in [-0.2, 0) is 22.6 Å². The van der Waals surface area contributed by atoms with Crippen molar-refractivity contribution in [1.82, 2.24) is 20.4 Å². The molecule has 4 rings (SSSR count). The summed E-state index contributed by atoms with van der Waals surface area (Å²) in [6, 6.07) is 20.6. The van der Waals surface area contributed by atoms with Gasteiger partial charge in [-0.15, -0.1) is 0 Å². The van der Waals surface area contributed by atoms with Crippen molar-refractivity contribution in [2.45, 2.75) is 13.0 Å². The Morgan fingerprint density at radius 2 is 1.59 bits per heavy atom. The molecule has 144 valence electrons. The van der Waals surface area contributed by atoms with E-state index in [-0.39, 0.29) is 24.4 Å². The number of benzene rings is 3. The maximum atomic E-state index is 12.3. The topological polar surface area (TPSA) is 93.1 Å². The first kappa shape index (κ1) is 18.4. The summed E-state index contributed by atoms with van der Waals surface area (Å²) in [6.07, 6.45) is 1.30. The molecule has 1 aromatic heterocycles. The highest BCUT2D eigenvalue weighted by atomic mass is 16.2. The SMILES string of the molecule is O=C(Cc1cccc2ccccc12)NNC(=O)Cn1c(=O)cnc2ccccc21. The molecule has 7 nitrogen and oxygen atoms in total. The number of fused-ring (bicyclic) bond motifs is 2. The zero-order chi connectivity index (χ0) is 20.2. The average Bonchev–Trinajstić information content (AvgIpc) is 2.75. The Labute approximate surface area is 166 Å². The molecule has 4 aromatic rings. The highest BCUT2D eigenvalue weighted by Crippen LogP contribution is 2.18. The minimum Gasteiger partial charge on any atom is -0.296 e. The van der Waals surface area contributed by atoms with Gasteiger partial charge in [-0.2, -0.15) is 0 Å². The Morgan fingerprint density at radius 3 is 2.48 bits per heavy atom. The number of carbonyl (C=O) groups is 2. The van der Waals surface area contributed by atoms with Crippen LogP contribution in [0, 0.1) is 0 Å². The first-order valence-corrected chi connectivity index (χ1v) is 9.11. The molecule has 0 aliphatic rings. The molecule has 0 aliphatic heterocycles. The van der Waals surface area contributed by atoms with Crippen LogP contribution < -0.4 is 16.4 Å². The molecule has 2 N–H and O–H groups in total. The van der Waals surface area contributed by atoms with Gasteiger partial charge in [0.15, 0.2) is 0 Å². The molecule has 0 radical (unpaired) electrons. The third-order valence-electron chi connectivity index (χ3n) is 4.63. The maximum Gasteiger partial charge on any atom is 0.269 e. The van der Waals surface area contributed by atoms with E-state index in [0.29, 0.717) is 11.0 Å². The van der Waals surface area contributed by atoms with Gasteiger partial charge in [0.2, 0.25) is 5.91 Å². The minimum atomic E-state index is -0.505. The van der Waals surface area contributed by atoms with Crippen LogP contribution in [0.5, 0.6) is 0 Å². The summed E-state index contributed by atoms with van der Waals surface area (Å²) in [5, 5.41) is 2.04. The molecule has 0 bridgehead atoms. The number of rotatable bonds is 4. The number of para-hydroxylation sites is 2. The van der Waals surface area contributed by atoms with Gasteiger partial charge >= 0.3 is 0 Å². The number of carbonyl (C=O) groups excluding carboxylic acids is 2. The summed E-state index contributed by atoms with van der Waals surface area (Å²) >= 11 is 0. The fraction of sp³-hybridized carbons (Fsp3) is 0.0909. The quantitative estimate of drug-likeness (QED) is 0.524. The summed E-state index contributed by atoms with van der Waals surface area (Å²) in [7, 11) is 0. The lowest BCUT2D eigenvalue weighted by molar-refractivity contribution is -0.128. The average molecular weight is 386 g/mol.